The first-order chi connectivity index (χ1) is 9.45. The van der Waals surface area contributed by atoms with Crippen molar-refractivity contribution in [2.24, 2.45) is 0 Å². The molecule has 0 bridgehead atoms. The lowest BCUT2D eigenvalue weighted by atomic mass is 10.1. The molecule has 2 rings (SSSR count). The Morgan fingerprint density at radius 2 is 1.95 bits per heavy atom. The summed E-state index contributed by atoms with van der Waals surface area (Å²) in [5, 5.41) is 20.3. The van der Waals surface area contributed by atoms with Crippen LogP contribution in [0.25, 0.3) is 11.1 Å². The number of hydrogen-bond donors (Lipinski definition) is 0. The summed E-state index contributed by atoms with van der Waals surface area (Å²) >= 11 is 17.8. The normalized spacial score (nSPS) is 10.1. The number of halogens is 3. The van der Waals surface area contributed by atoms with Gasteiger partial charge in [0.2, 0.25) is 5.69 Å². The van der Waals surface area contributed by atoms with Gasteiger partial charge in [-0.15, -0.1) is 0 Å². The number of rotatable bonds is 2. The van der Waals surface area contributed by atoms with Gasteiger partial charge in [-0.05, 0) is 6.07 Å². The van der Waals surface area contributed by atoms with Gasteiger partial charge >= 0.3 is 5.69 Å². The molecule has 0 spiro atoms. The molecule has 1 aromatic carbocycles. The van der Waals surface area contributed by atoms with E-state index in [1.807, 2.05) is 0 Å². The number of nitrogens with zero attached hydrogens (tertiary/aromatic N) is 3. The minimum atomic E-state index is -0.680. The maximum absolute atomic E-state index is 10.9. The highest BCUT2D eigenvalue weighted by atomic mass is 35.5. The molecule has 100 valence electrons. The molecule has 0 aliphatic heterocycles. The topological polar surface area (TPSA) is 79.8 Å². The maximum atomic E-state index is 10.9. The van der Waals surface area contributed by atoms with Crippen molar-refractivity contribution in [1.29, 1.82) is 5.26 Å². The molecular formula is C12H4Cl3N3O2. The SMILES string of the molecule is N#Cc1ncc(-c2ccc(Cl)c(Cl)c2Cl)cc1[N+](=O)[O-]. The lowest BCUT2D eigenvalue weighted by Gasteiger charge is -2.07. The Morgan fingerprint density at radius 1 is 1.25 bits per heavy atom. The molecule has 0 amide bonds. The van der Waals surface area contributed by atoms with E-state index < -0.39 is 10.6 Å². The van der Waals surface area contributed by atoms with E-state index in [2.05, 4.69) is 4.98 Å². The Bertz CT molecular complexity index is 756. The van der Waals surface area contributed by atoms with Crippen molar-refractivity contribution in [3.05, 3.63) is 55.3 Å². The number of aromatic nitrogens is 1. The van der Waals surface area contributed by atoms with Gasteiger partial charge in [0, 0.05) is 23.4 Å². The average Bonchev–Trinajstić information content (AvgIpc) is 2.44. The fourth-order valence-electron chi connectivity index (χ4n) is 1.57. The smallest absolute Gasteiger partial charge is 0.258 e. The first kappa shape index (κ1) is 14.5. The maximum Gasteiger partial charge on any atom is 0.306 e. The highest BCUT2D eigenvalue weighted by molar-refractivity contribution is 6.49. The molecule has 2 aromatic rings. The van der Waals surface area contributed by atoms with Crippen molar-refractivity contribution in [2.45, 2.75) is 0 Å². The highest BCUT2D eigenvalue weighted by Crippen LogP contribution is 2.38. The molecule has 1 aromatic heterocycles. The van der Waals surface area contributed by atoms with Crippen LogP contribution >= 0.6 is 34.8 Å². The van der Waals surface area contributed by atoms with E-state index in [1.54, 1.807) is 12.1 Å². The summed E-state index contributed by atoms with van der Waals surface area (Å²) in [7, 11) is 0. The van der Waals surface area contributed by atoms with E-state index in [0.717, 1.165) is 0 Å². The predicted octanol–water partition coefficient (Wildman–Crippen LogP) is 4.49. The molecule has 8 heteroatoms. The predicted molar refractivity (Wildman–Crippen MR) is 76.1 cm³/mol. The molecule has 20 heavy (non-hydrogen) atoms. The summed E-state index contributed by atoms with van der Waals surface area (Å²) in [4.78, 5) is 14.0. The highest BCUT2D eigenvalue weighted by Gasteiger charge is 2.18. The number of pyridine rings is 1. The molecule has 0 fully saturated rings. The summed E-state index contributed by atoms with van der Waals surface area (Å²) in [6.07, 6.45) is 1.32. The largest absolute Gasteiger partial charge is 0.306 e. The van der Waals surface area contributed by atoms with Crippen molar-refractivity contribution in [3.63, 3.8) is 0 Å². The van der Waals surface area contributed by atoms with Crippen LogP contribution in [0.1, 0.15) is 5.69 Å². The Hall–Kier alpha value is -1.87. The Morgan fingerprint density at radius 3 is 2.55 bits per heavy atom. The molecule has 0 unspecified atom stereocenters. The average molecular weight is 329 g/mol. The van der Waals surface area contributed by atoms with Gasteiger partial charge in [-0.1, -0.05) is 40.9 Å². The van der Waals surface area contributed by atoms with Gasteiger partial charge in [0.05, 0.1) is 20.0 Å². The molecular weight excluding hydrogens is 325 g/mol. The van der Waals surface area contributed by atoms with Crippen LogP contribution in [0.4, 0.5) is 5.69 Å². The van der Waals surface area contributed by atoms with Crippen LogP contribution in [-0.4, -0.2) is 9.91 Å². The fourth-order valence-corrected chi connectivity index (χ4v) is 2.22. The molecule has 0 N–H and O–H groups in total. The van der Waals surface area contributed by atoms with E-state index in [4.69, 9.17) is 40.1 Å². The van der Waals surface area contributed by atoms with Gasteiger partial charge in [-0.3, -0.25) is 10.1 Å². The van der Waals surface area contributed by atoms with Gasteiger partial charge in [-0.25, -0.2) is 4.98 Å². The Balaban J connectivity index is 2.66. The van der Waals surface area contributed by atoms with Crippen LogP contribution in [0, 0.1) is 21.4 Å². The number of hydrogen-bond acceptors (Lipinski definition) is 4. The molecule has 1 heterocycles. The monoisotopic (exact) mass is 327 g/mol. The first-order valence-corrected chi connectivity index (χ1v) is 6.27. The second kappa shape index (κ2) is 5.63. The van der Waals surface area contributed by atoms with Crippen molar-refractivity contribution >= 4 is 40.5 Å². The quantitative estimate of drug-likeness (QED) is 0.462. The van der Waals surface area contributed by atoms with Gasteiger partial charge < -0.3 is 0 Å². The van der Waals surface area contributed by atoms with Crippen LogP contribution in [0.2, 0.25) is 15.1 Å². The molecule has 5 nitrogen and oxygen atoms in total. The van der Waals surface area contributed by atoms with E-state index >= 15 is 0 Å². The summed E-state index contributed by atoms with van der Waals surface area (Å²) < 4.78 is 0. The van der Waals surface area contributed by atoms with Crippen molar-refractivity contribution in [3.8, 4) is 17.2 Å². The molecule has 0 saturated heterocycles. The van der Waals surface area contributed by atoms with Crippen LogP contribution in [0.5, 0.6) is 0 Å². The number of nitro groups is 1. The summed E-state index contributed by atoms with van der Waals surface area (Å²) in [6, 6.07) is 5.97. The molecule has 0 aliphatic rings. The molecule has 0 saturated carbocycles. The number of nitriles is 1. The van der Waals surface area contributed by atoms with Crippen molar-refractivity contribution < 1.29 is 4.92 Å². The minimum Gasteiger partial charge on any atom is -0.258 e. The third-order valence-electron chi connectivity index (χ3n) is 2.52. The Kier molecular flexibility index (Phi) is 4.09. The molecule has 0 aliphatic carbocycles. The summed E-state index contributed by atoms with van der Waals surface area (Å²) in [6.45, 7) is 0. The Labute approximate surface area is 128 Å². The number of benzene rings is 1. The van der Waals surface area contributed by atoms with Crippen LogP contribution in [0.15, 0.2) is 24.4 Å². The lowest BCUT2D eigenvalue weighted by Crippen LogP contribution is -1.96. The van der Waals surface area contributed by atoms with Crippen LogP contribution in [-0.2, 0) is 0 Å². The second-order valence-electron chi connectivity index (χ2n) is 3.68. The van der Waals surface area contributed by atoms with Crippen molar-refractivity contribution in [2.75, 3.05) is 0 Å². The van der Waals surface area contributed by atoms with Gasteiger partial charge in [0.15, 0.2) is 0 Å². The van der Waals surface area contributed by atoms with Gasteiger partial charge in [0.1, 0.15) is 6.07 Å². The standard InChI is InChI=1S/C12H4Cl3N3O2/c13-8-2-1-7(11(14)12(8)15)6-3-10(18(19)20)9(4-16)17-5-6/h1-3,5H. The van der Waals surface area contributed by atoms with Crippen LogP contribution < -0.4 is 0 Å². The van der Waals surface area contributed by atoms with Gasteiger partial charge in [0.25, 0.3) is 0 Å². The zero-order valence-electron chi connectivity index (χ0n) is 9.60. The first-order valence-electron chi connectivity index (χ1n) is 5.14. The summed E-state index contributed by atoms with van der Waals surface area (Å²) in [5.74, 6) is 0. The fraction of sp³-hybridized carbons (Fsp3) is 0. The third-order valence-corrected chi connectivity index (χ3v) is 3.81. The second-order valence-corrected chi connectivity index (χ2v) is 4.85. The van der Waals surface area contributed by atoms with Gasteiger partial charge in [-0.2, -0.15) is 5.26 Å². The van der Waals surface area contributed by atoms with Crippen LogP contribution in [0.3, 0.4) is 0 Å². The minimum absolute atomic E-state index is 0.151. The third kappa shape index (κ3) is 2.54. The zero-order chi connectivity index (χ0) is 14.9. The summed E-state index contributed by atoms with van der Waals surface area (Å²) in [5.41, 5.74) is 0.155. The van der Waals surface area contributed by atoms with E-state index in [1.165, 1.54) is 18.3 Å². The van der Waals surface area contributed by atoms with E-state index in [-0.39, 0.29) is 20.8 Å². The molecule has 0 atom stereocenters. The molecule has 0 radical (unpaired) electrons. The zero-order valence-corrected chi connectivity index (χ0v) is 11.9. The lowest BCUT2D eigenvalue weighted by molar-refractivity contribution is -0.385. The van der Waals surface area contributed by atoms with E-state index in [0.29, 0.717) is 11.1 Å². The van der Waals surface area contributed by atoms with E-state index in [9.17, 15) is 10.1 Å². The van der Waals surface area contributed by atoms with Crippen molar-refractivity contribution in [1.82, 2.24) is 4.98 Å².